The van der Waals surface area contributed by atoms with Crippen molar-refractivity contribution >= 4 is 22.8 Å². The van der Waals surface area contributed by atoms with Crippen molar-refractivity contribution in [1.29, 1.82) is 0 Å². The maximum Gasteiger partial charge on any atom is 0.308 e. The van der Waals surface area contributed by atoms with E-state index in [1.165, 1.54) is 48.9 Å². The quantitative estimate of drug-likeness (QED) is 0.557. The second kappa shape index (κ2) is 7.55. The third-order valence-electron chi connectivity index (χ3n) is 5.64. The first-order valence-corrected chi connectivity index (χ1v) is 9.73. The number of carbonyl (C=O) groups is 2. The highest BCUT2D eigenvalue weighted by Crippen LogP contribution is 2.49. The van der Waals surface area contributed by atoms with E-state index in [-0.39, 0.29) is 23.0 Å². The van der Waals surface area contributed by atoms with E-state index in [9.17, 15) is 18.4 Å². The SMILES string of the molecule is COc1c(F)cc2c(c(OC(C)=O)c(C)n2C(=O)c2ccc(F)cc2)c1C1CCC1. The molecule has 3 aromatic rings. The van der Waals surface area contributed by atoms with Crippen LogP contribution < -0.4 is 9.47 Å². The molecule has 0 N–H and O–H groups in total. The average molecular weight is 413 g/mol. The van der Waals surface area contributed by atoms with Gasteiger partial charge in [0.1, 0.15) is 5.82 Å². The van der Waals surface area contributed by atoms with Crippen molar-refractivity contribution in [3.63, 3.8) is 0 Å². The Morgan fingerprint density at radius 1 is 1.10 bits per heavy atom. The predicted molar refractivity (Wildman–Crippen MR) is 107 cm³/mol. The highest BCUT2D eigenvalue weighted by atomic mass is 19.1. The molecular weight excluding hydrogens is 392 g/mol. The lowest BCUT2D eigenvalue weighted by atomic mass is 9.78. The summed E-state index contributed by atoms with van der Waals surface area (Å²) in [6.07, 6.45) is 2.71. The summed E-state index contributed by atoms with van der Waals surface area (Å²) >= 11 is 0. The molecule has 4 rings (SSSR count). The van der Waals surface area contributed by atoms with Crippen molar-refractivity contribution in [2.75, 3.05) is 7.11 Å². The first kappa shape index (κ1) is 20.1. The number of ether oxygens (including phenoxy) is 2. The van der Waals surface area contributed by atoms with E-state index in [0.29, 0.717) is 22.2 Å². The Morgan fingerprint density at radius 3 is 2.30 bits per heavy atom. The number of halogens is 2. The molecule has 0 atom stereocenters. The molecule has 1 aliphatic rings. The van der Waals surface area contributed by atoms with Gasteiger partial charge >= 0.3 is 5.97 Å². The van der Waals surface area contributed by atoms with Gasteiger partial charge in [0.2, 0.25) is 0 Å². The lowest BCUT2D eigenvalue weighted by Crippen LogP contribution is -2.15. The van der Waals surface area contributed by atoms with Gasteiger partial charge in [0.25, 0.3) is 5.91 Å². The molecule has 1 aliphatic carbocycles. The minimum Gasteiger partial charge on any atom is -0.493 e. The number of esters is 1. The Hall–Kier alpha value is -3.22. The van der Waals surface area contributed by atoms with Gasteiger partial charge in [-0.05, 0) is 49.9 Å². The van der Waals surface area contributed by atoms with Crippen LogP contribution in [0.25, 0.3) is 10.9 Å². The minimum atomic E-state index is -0.591. The lowest BCUT2D eigenvalue weighted by molar-refractivity contribution is -0.131. The van der Waals surface area contributed by atoms with E-state index in [4.69, 9.17) is 9.47 Å². The van der Waals surface area contributed by atoms with Gasteiger partial charge in [-0.25, -0.2) is 8.78 Å². The maximum absolute atomic E-state index is 15.0. The van der Waals surface area contributed by atoms with Crippen molar-refractivity contribution in [1.82, 2.24) is 4.57 Å². The van der Waals surface area contributed by atoms with Gasteiger partial charge in [-0.15, -0.1) is 0 Å². The fourth-order valence-corrected chi connectivity index (χ4v) is 4.06. The zero-order valence-electron chi connectivity index (χ0n) is 16.9. The van der Waals surface area contributed by atoms with Crippen LogP contribution in [0.3, 0.4) is 0 Å². The van der Waals surface area contributed by atoms with E-state index in [1.807, 2.05) is 0 Å². The summed E-state index contributed by atoms with van der Waals surface area (Å²) in [5.41, 5.74) is 1.50. The van der Waals surface area contributed by atoms with Gasteiger partial charge in [0, 0.05) is 24.1 Å². The molecule has 1 fully saturated rings. The molecule has 0 bridgehead atoms. The Balaban J connectivity index is 2.05. The molecule has 1 heterocycles. The molecule has 0 unspecified atom stereocenters. The maximum atomic E-state index is 15.0. The molecule has 30 heavy (non-hydrogen) atoms. The highest BCUT2D eigenvalue weighted by Gasteiger charge is 2.33. The number of fused-ring (bicyclic) bond motifs is 1. The zero-order valence-corrected chi connectivity index (χ0v) is 16.9. The summed E-state index contributed by atoms with van der Waals surface area (Å²) in [5.74, 6) is -1.71. The highest BCUT2D eigenvalue weighted by molar-refractivity contribution is 6.07. The minimum absolute atomic E-state index is 0.0450. The first-order valence-electron chi connectivity index (χ1n) is 9.73. The Labute approximate surface area is 172 Å². The summed E-state index contributed by atoms with van der Waals surface area (Å²) in [7, 11) is 1.39. The van der Waals surface area contributed by atoms with Crippen molar-refractivity contribution in [3.8, 4) is 11.5 Å². The fraction of sp³-hybridized carbons (Fsp3) is 0.304. The molecule has 0 spiro atoms. The second-order valence-corrected chi connectivity index (χ2v) is 7.48. The van der Waals surface area contributed by atoms with Crippen LogP contribution >= 0.6 is 0 Å². The van der Waals surface area contributed by atoms with E-state index in [1.54, 1.807) is 6.92 Å². The molecule has 0 aliphatic heterocycles. The number of rotatable bonds is 4. The third kappa shape index (κ3) is 3.14. The van der Waals surface area contributed by atoms with Crippen LogP contribution in [0.4, 0.5) is 8.78 Å². The fourth-order valence-electron chi connectivity index (χ4n) is 4.06. The Morgan fingerprint density at radius 2 is 1.77 bits per heavy atom. The summed E-state index contributed by atoms with van der Waals surface area (Å²) in [6.45, 7) is 2.91. The number of benzene rings is 2. The summed E-state index contributed by atoms with van der Waals surface area (Å²) in [6, 6.07) is 6.31. The van der Waals surface area contributed by atoms with Crippen LogP contribution in [0.2, 0.25) is 0 Å². The normalized spacial score (nSPS) is 13.9. The molecule has 2 aromatic carbocycles. The van der Waals surface area contributed by atoms with E-state index >= 15 is 0 Å². The summed E-state index contributed by atoms with van der Waals surface area (Å²) < 4.78 is 40.5. The average Bonchev–Trinajstić information content (AvgIpc) is 2.91. The van der Waals surface area contributed by atoms with Crippen molar-refractivity contribution in [3.05, 3.63) is 58.8 Å². The van der Waals surface area contributed by atoms with E-state index in [0.717, 1.165) is 19.3 Å². The number of aromatic nitrogens is 1. The molecule has 0 radical (unpaired) electrons. The number of nitrogens with zero attached hydrogens (tertiary/aromatic N) is 1. The first-order chi connectivity index (χ1) is 14.3. The van der Waals surface area contributed by atoms with E-state index < -0.39 is 23.5 Å². The molecule has 1 aromatic heterocycles. The molecule has 156 valence electrons. The number of hydrogen-bond acceptors (Lipinski definition) is 4. The molecule has 7 heteroatoms. The van der Waals surface area contributed by atoms with Crippen LogP contribution in [0, 0.1) is 18.6 Å². The number of methoxy groups -OCH3 is 1. The van der Waals surface area contributed by atoms with Crippen LogP contribution in [0.1, 0.15) is 53.7 Å². The standard InChI is InChI=1S/C23H21F2NO4/c1-12-21(30-13(2)27)20-18(26(12)23(28)15-7-9-16(24)10-8-15)11-17(25)22(29-3)19(20)14-5-4-6-14/h7-11,14H,4-6H2,1-3H3. The molecule has 0 saturated heterocycles. The third-order valence-corrected chi connectivity index (χ3v) is 5.64. The molecule has 5 nitrogen and oxygen atoms in total. The number of carbonyl (C=O) groups excluding carboxylic acids is 2. The van der Waals surface area contributed by atoms with Gasteiger partial charge in [-0.1, -0.05) is 6.42 Å². The lowest BCUT2D eigenvalue weighted by Gasteiger charge is -2.28. The van der Waals surface area contributed by atoms with Gasteiger partial charge in [0.05, 0.1) is 23.7 Å². The number of hydrogen-bond donors (Lipinski definition) is 0. The Bertz CT molecular complexity index is 1160. The van der Waals surface area contributed by atoms with E-state index in [2.05, 4.69) is 0 Å². The van der Waals surface area contributed by atoms with Gasteiger partial charge < -0.3 is 9.47 Å². The van der Waals surface area contributed by atoms with Gasteiger partial charge in [-0.3, -0.25) is 14.2 Å². The zero-order chi connectivity index (χ0) is 21.6. The van der Waals surface area contributed by atoms with Gasteiger partial charge in [-0.2, -0.15) is 0 Å². The van der Waals surface area contributed by atoms with Crippen molar-refractivity contribution in [2.24, 2.45) is 0 Å². The van der Waals surface area contributed by atoms with Crippen molar-refractivity contribution < 1.29 is 27.8 Å². The van der Waals surface area contributed by atoms with Gasteiger partial charge in [0.15, 0.2) is 17.3 Å². The summed E-state index contributed by atoms with van der Waals surface area (Å²) in [5, 5.41) is 0.501. The topological polar surface area (TPSA) is 57.5 Å². The largest absolute Gasteiger partial charge is 0.493 e. The van der Waals surface area contributed by atoms with Crippen LogP contribution in [-0.2, 0) is 4.79 Å². The monoisotopic (exact) mass is 413 g/mol. The molecule has 0 amide bonds. The van der Waals surface area contributed by atoms with Crippen LogP contribution in [-0.4, -0.2) is 23.6 Å². The van der Waals surface area contributed by atoms with Crippen LogP contribution in [0.15, 0.2) is 30.3 Å². The molecular formula is C23H21F2NO4. The predicted octanol–water partition coefficient (Wildman–Crippen LogP) is 5.12. The van der Waals surface area contributed by atoms with Crippen LogP contribution in [0.5, 0.6) is 11.5 Å². The van der Waals surface area contributed by atoms with Crippen molar-refractivity contribution in [2.45, 2.75) is 39.0 Å². The second-order valence-electron chi connectivity index (χ2n) is 7.48. The molecule has 1 saturated carbocycles. The smallest absolute Gasteiger partial charge is 0.308 e. The Kier molecular flexibility index (Phi) is 5.05. The summed E-state index contributed by atoms with van der Waals surface area (Å²) in [4.78, 5) is 25.1.